The zero-order chi connectivity index (χ0) is 102. The highest BCUT2D eigenvalue weighted by Gasteiger charge is 3.13. The number of ether oxygens (including phenoxy) is 10. The van der Waals surface area contributed by atoms with Crippen LogP contribution in [-0.4, -0.2) is 167 Å². The third-order valence-electron chi connectivity index (χ3n) is 32.9. The van der Waals surface area contributed by atoms with Crippen molar-refractivity contribution in [1.82, 2.24) is 0 Å². The maximum atomic E-state index is 14.3. The van der Waals surface area contributed by atoms with Crippen LogP contribution in [0, 0.1) is 80.3 Å². The van der Waals surface area contributed by atoms with Gasteiger partial charge >= 0.3 is 83.7 Å². The summed E-state index contributed by atoms with van der Waals surface area (Å²) in [5.41, 5.74) is -20.8. The van der Waals surface area contributed by atoms with E-state index in [0.29, 0.717) is 92.3 Å². The average molecular weight is 1940 g/mol. The summed E-state index contributed by atoms with van der Waals surface area (Å²) in [6, 6.07) is 0. The lowest BCUT2D eigenvalue weighted by molar-refractivity contribution is -0.362. The van der Waals surface area contributed by atoms with Gasteiger partial charge in [-0.1, -0.05) is 62.3 Å². The molecule has 0 aromatic carbocycles. The van der Waals surface area contributed by atoms with Crippen LogP contribution in [0.4, 0.5) is 66.7 Å². The Morgan fingerprint density at radius 1 is 0.336 bits per heavy atom. The quantitative estimate of drug-likeness (QED) is 0.0488. The molecular formula is C101H157F13O20. The van der Waals surface area contributed by atoms with E-state index in [2.05, 4.69) is 4.74 Å². The summed E-state index contributed by atoms with van der Waals surface area (Å²) in [6.45, 7) is 46.1. The molecule has 18 saturated carbocycles. The van der Waals surface area contributed by atoms with Gasteiger partial charge < -0.3 is 57.6 Å². The minimum atomic E-state index is -6.74. The fourth-order valence-electron chi connectivity index (χ4n) is 24.7. The maximum absolute atomic E-state index is 14.3. The third kappa shape index (κ3) is 22.9. The third-order valence-corrected chi connectivity index (χ3v) is 32.9. The molecule has 0 amide bonds. The summed E-state index contributed by atoms with van der Waals surface area (Å²) < 4.78 is 230. The number of halogens is 13. The highest BCUT2D eigenvalue weighted by Crippen LogP contribution is 2.80. The molecule has 134 heavy (non-hydrogen) atoms. The van der Waals surface area contributed by atoms with Gasteiger partial charge in [0.05, 0.1) is 44.2 Å². The second-order valence-electron chi connectivity index (χ2n) is 48.9. The molecule has 33 heteroatoms. The van der Waals surface area contributed by atoms with E-state index in [-0.39, 0.29) is 60.3 Å². The van der Waals surface area contributed by atoms with Crippen LogP contribution in [0.1, 0.15) is 398 Å². The predicted octanol–water partition coefficient (Wildman–Crippen LogP) is 25.3. The van der Waals surface area contributed by atoms with E-state index in [4.69, 9.17) is 42.6 Å². The molecule has 772 valence electrons. The number of esters is 6. The van der Waals surface area contributed by atoms with E-state index in [1.165, 1.54) is 19.8 Å². The minimum absolute atomic E-state index is 0.00892. The van der Waals surface area contributed by atoms with Crippen molar-refractivity contribution in [2.24, 2.45) is 80.3 Å². The Bertz CT molecular complexity index is 3980. The van der Waals surface area contributed by atoms with Crippen molar-refractivity contribution in [2.75, 3.05) is 0 Å². The first-order valence-corrected chi connectivity index (χ1v) is 49.4. The topological polar surface area (TPSA) is 269 Å². The minimum Gasteiger partial charge on any atom is -0.459 e. The van der Waals surface area contributed by atoms with Gasteiger partial charge in [0.25, 0.3) is 5.67 Å². The summed E-state index contributed by atoms with van der Waals surface area (Å²) >= 11 is 0. The second kappa shape index (κ2) is 38.0. The standard InChI is InChI=1S/2C21H34O5.2C16H26O3.C15H27F3O2.C12H10F10O2/c2*1-7-19(5,6)16(22)24-20-9-14-8-15(10-20)12-21(11-14,13-20)26-17(23)25-18(2,3)4;2*1-4-14(2,3)13(17)19-16-8-11-5-12(9-16)7-15(18,6-11)10-16;1-6-13(4,5)12(19)20-14(7-2,8-3)10-9-11-15(16,17)18;1-3-4(2)5(23)24-6-7(13)10(17,18)9(16,8(6,14)15)12(21,22)11(7,19)20/h2*14-15H,7-13H2,1-6H3;2*11-12,18H,4-10H2,1-3H3;6-11H2,1-5H3;4,6H,3H2,1-2H3. The number of hydrogen-bond donors (Lipinski definition) is 2. The molecule has 18 fully saturated rings. The molecule has 0 heterocycles. The lowest BCUT2D eigenvalue weighted by Gasteiger charge is -2.60. The smallest absolute Gasteiger partial charge is 0.459 e. The Hall–Kier alpha value is -5.63. The van der Waals surface area contributed by atoms with Crippen molar-refractivity contribution in [3.63, 3.8) is 0 Å². The van der Waals surface area contributed by atoms with Gasteiger partial charge in [-0.3, -0.25) is 28.8 Å². The maximum Gasteiger partial charge on any atom is 0.509 e. The Morgan fingerprint density at radius 3 is 0.836 bits per heavy atom. The largest absolute Gasteiger partial charge is 0.509 e. The van der Waals surface area contributed by atoms with E-state index in [1.807, 2.05) is 145 Å². The summed E-state index contributed by atoms with van der Waals surface area (Å²) in [7, 11) is 0. The Kier molecular flexibility index (Phi) is 31.8. The number of carbonyl (C=O) groups excluding carboxylic acids is 8. The van der Waals surface area contributed by atoms with Crippen molar-refractivity contribution in [3.8, 4) is 0 Å². The van der Waals surface area contributed by atoms with Crippen LogP contribution >= 0.6 is 0 Å². The van der Waals surface area contributed by atoms with Gasteiger partial charge in [-0.05, 0) is 351 Å². The number of alkyl halides is 13. The number of hydrogen-bond acceptors (Lipinski definition) is 20. The molecule has 18 aliphatic carbocycles. The van der Waals surface area contributed by atoms with Gasteiger partial charge in [-0.2, -0.15) is 48.3 Å². The molecule has 0 saturated heterocycles. The number of fused-ring (bicyclic) bond motifs is 2. The molecule has 0 aromatic rings. The van der Waals surface area contributed by atoms with E-state index >= 15 is 0 Å². The fourth-order valence-corrected chi connectivity index (χ4v) is 24.7. The lowest BCUT2D eigenvalue weighted by atomic mass is 9.52. The van der Waals surface area contributed by atoms with E-state index in [1.54, 1.807) is 13.8 Å². The molecule has 2 N–H and O–H groups in total. The fraction of sp³-hybridized carbons (Fsp3) is 0.921. The average Bonchev–Trinajstić information content (AvgIpc) is 1.44. The molecule has 0 radical (unpaired) electrons. The van der Waals surface area contributed by atoms with Gasteiger partial charge in [0.1, 0.15) is 50.4 Å². The molecule has 18 bridgehead atoms. The molecule has 0 spiro atoms. The first-order valence-electron chi connectivity index (χ1n) is 49.4. The van der Waals surface area contributed by atoms with E-state index < -0.39 is 155 Å². The van der Waals surface area contributed by atoms with Crippen LogP contribution in [0.5, 0.6) is 0 Å². The normalized spacial score (nSPS) is 36.0. The number of rotatable bonds is 25. The Labute approximate surface area is 784 Å². The first-order chi connectivity index (χ1) is 60.8. The predicted molar refractivity (Wildman–Crippen MR) is 470 cm³/mol. The summed E-state index contributed by atoms with van der Waals surface area (Å²) in [4.78, 5) is 98.4. The molecule has 0 aliphatic heterocycles. The van der Waals surface area contributed by atoms with Crippen LogP contribution < -0.4 is 0 Å². The summed E-state index contributed by atoms with van der Waals surface area (Å²) in [6.07, 6.45) is 16.1. The zero-order valence-electron chi connectivity index (χ0n) is 84.2. The van der Waals surface area contributed by atoms with Crippen molar-refractivity contribution in [2.45, 2.75) is 507 Å². The molecule has 12 atom stereocenters. The summed E-state index contributed by atoms with van der Waals surface area (Å²) in [5, 5.41) is 21.3. The van der Waals surface area contributed by atoms with Gasteiger partial charge in [-0.25, -0.2) is 18.4 Å². The van der Waals surface area contributed by atoms with Crippen LogP contribution in [0.3, 0.4) is 0 Å². The van der Waals surface area contributed by atoms with Gasteiger partial charge in [-0.15, -0.1) is 0 Å². The molecule has 18 rings (SSSR count). The summed E-state index contributed by atoms with van der Waals surface area (Å²) in [5.74, 6) is -25.7. The second-order valence-corrected chi connectivity index (χ2v) is 48.9. The highest BCUT2D eigenvalue weighted by atomic mass is 19.4. The number of aliphatic hydroxyl groups is 2. The molecule has 20 nitrogen and oxygen atoms in total. The molecule has 0 aromatic heterocycles. The van der Waals surface area contributed by atoms with E-state index in [9.17, 15) is 106 Å². The molecular weight excluding hydrogens is 1780 g/mol. The molecule has 18 aliphatic rings. The van der Waals surface area contributed by atoms with Crippen LogP contribution in [0.25, 0.3) is 0 Å². The highest BCUT2D eigenvalue weighted by molar-refractivity contribution is 5.79. The lowest BCUT2D eigenvalue weighted by Crippen LogP contribution is -2.72. The van der Waals surface area contributed by atoms with Crippen molar-refractivity contribution < 1.29 is 153 Å². The first kappa shape index (κ1) is 112. The molecule has 12 unspecified atom stereocenters. The van der Waals surface area contributed by atoms with Crippen molar-refractivity contribution >= 4 is 48.1 Å². The van der Waals surface area contributed by atoms with Crippen molar-refractivity contribution in [1.29, 1.82) is 0 Å². The van der Waals surface area contributed by atoms with Gasteiger partial charge in [0, 0.05) is 32.1 Å². The van der Waals surface area contributed by atoms with Crippen LogP contribution in [0.15, 0.2) is 0 Å². The van der Waals surface area contributed by atoms with Crippen molar-refractivity contribution in [3.05, 3.63) is 0 Å². The Balaban J connectivity index is 0.000000181. The SMILES string of the molecule is CCC(C)(C)C(=O)OC12CC3CC(CC(O)(C3)C1)C2.CCC(C)(C)C(=O)OC12CC3CC(CC(O)(C3)C1)C2.CCC(C)(C)C(=O)OC12CC3CC(CC(OC(=O)OC(C)(C)C)(C3)C1)C2.CCC(C)(C)C(=O)OC12CC3CC(CC(OC(=O)OC(C)(C)C)(C3)C1)C2.CCC(C)C(=O)OC1C(F)(F)C2(F)C(F)(F)C(F)(F)C1(F)C2(F)F.CCC(CC)(CCCC(F)(F)F)OC(=O)C(C)(C)CC. The van der Waals surface area contributed by atoms with Gasteiger partial charge in [0.2, 0.25) is 6.10 Å². The monoisotopic (exact) mass is 1940 g/mol. The van der Waals surface area contributed by atoms with Crippen LogP contribution in [0.2, 0.25) is 0 Å². The zero-order valence-corrected chi connectivity index (χ0v) is 84.2. The van der Waals surface area contributed by atoms with E-state index in [0.717, 1.165) is 148 Å². The van der Waals surface area contributed by atoms with Gasteiger partial charge in [0.15, 0.2) is 0 Å². The van der Waals surface area contributed by atoms with Crippen LogP contribution in [-0.2, 0) is 76.1 Å². The Morgan fingerprint density at radius 2 is 0.597 bits per heavy atom. The number of carbonyl (C=O) groups is 8.